The van der Waals surface area contributed by atoms with Crippen molar-refractivity contribution >= 4 is 11.4 Å². The van der Waals surface area contributed by atoms with Gasteiger partial charge in [-0.3, -0.25) is 0 Å². The lowest BCUT2D eigenvalue weighted by Gasteiger charge is -2.22. The van der Waals surface area contributed by atoms with E-state index >= 15 is 0 Å². The Balaban J connectivity index is 2.22. The highest BCUT2D eigenvalue weighted by Crippen LogP contribution is 2.25. The average molecular weight is 258 g/mol. The van der Waals surface area contributed by atoms with Gasteiger partial charge in [-0.05, 0) is 48.7 Å². The SMILES string of the molecule is Cc1ccc(N)c(N(C)Cc2ccc(F)c(C)c2)c1. The molecule has 0 saturated heterocycles. The molecule has 2 rings (SSSR count). The molecular weight excluding hydrogens is 239 g/mol. The Labute approximate surface area is 113 Å². The highest BCUT2D eigenvalue weighted by atomic mass is 19.1. The van der Waals surface area contributed by atoms with Gasteiger partial charge in [0.2, 0.25) is 0 Å². The third kappa shape index (κ3) is 3.05. The van der Waals surface area contributed by atoms with Crippen molar-refractivity contribution in [3.05, 3.63) is 58.9 Å². The van der Waals surface area contributed by atoms with E-state index in [0.29, 0.717) is 12.1 Å². The second-order valence-electron chi connectivity index (χ2n) is 5.00. The van der Waals surface area contributed by atoms with E-state index in [1.165, 1.54) is 11.6 Å². The number of hydrogen-bond acceptors (Lipinski definition) is 2. The van der Waals surface area contributed by atoms with E-state index in [1.807, 2.05) is 38.2 Å². The molecule has 0 amide bonds. The topological polar surface area (TPSA) is 29.3 Å². The summed E-state index contributed by atoms with van der Waals surface area (Å²) < 4.78 is 13.2. The first-order valence-corrected chi connectivity index (χ1v) is 6.29. The summed E-state index contributed by atoms with van der Waals surface area (Å²) in [6.07, 6.45) is 0. The molecular formula is C16H19FN2. The summed E-state index contributed by atoms with van der Waals surface area (Å²) in [5.74, 6) is -0.165. The number of nitrogen functional groups attached to an aromatic ring is 1. The Kier molecular flexibility index (Phi) is 3.74. The first-order valence-electron chi connectivity index (χ1n) is 6.29. The van der Waals surface area contributed by atoms with Gasteiger partial charge in [-0.2, -0.15) is 0 Å². The number of nitrogens with zero attached hydrogens (tertiary/aromatic N) is 1. The molecule has 19 heavy (non-hydrogen) atoms. The van der Waals surface area contributed by atoms with Crippen molar-refractivity contribution in [2.24, 2.45) is 0 Å². The van der Waals surface area contributed by atoms with E-state index in [0.717, 1.165) is 16.9 Å². The van der Waals surface area contributed by atoms with E-state index in [9.17, 15) is 4.39 Å². The van der Waals surface area contributed by atoms with Crippen LogP contribution in [0.25, 0.3) is 0 Å². The maximum Gasteiger partial charge on any atom is 0.126 e. The molecule has 0 atom stereocenters. The van der Waals surface area contributed by atoms with Gasteiger partial charge in [-0.15, -0.1) is 0 Å². The molecule has 0 aromatic heterocycles. The lowest BCUT2D eigenvalue weighted by atomic mass is 10.1. The Bertz CT molecular complexity index is 593. The van der Waals surface area contributed by atoms with Gasteiger partial charge in [0.1, 0.15) is 5.82 Å². The number of benzene rings is 2. The van der Waals surface area contributed by atoms with Crippen molar-refractivity contribution in [1.82, 2.24) is 0 Å². The fraction of sp³-hybridized carbons (Fsp3) is 0.250. The number of nitrogens with two attached hydrogens (primary N) is 1. The molecule has 0 radical (unpaired) electrons. The zero-order valence-corrected chi connectivity index (χ0v) is 11.6. The summed E-state index contributed by atoms with van der Waals surface area (Å²) >= 11 is 0. The van der Waals surface area contributed by atoms with Crippen LogP contribution in [-0.2, 0) is 6.54 Å². The van der Waals surface area contributed by atoms with Crippen LogP contribution in [0.15, 0.2) is 36.4 Å². The highest BCUT2D eigenvalue weighted by molar-refractivity contribution is 5.68. The molecule has 2 aromatic rings. The van der Waals surface area contributed by atoms with Crippen LogP contribution in [0.1, 0.15) is 16.7 Å². The second kappa shape index (κ2) is 5.31. The molecule has 0 heterocycles. The minimum absolute atomic E-state index is 0.165. The van der Waals surface area contributed by atoms with Crippen LogP contribution in [0.3, 0.4) is 0 Å². The van der Waals surface area contributed by atoms with E-state index in [2.05, 4.69) is 11.0 Å². The van der Waals surface area contributed by atoms with E-state index in [4.69, 9.17) is 5.73 Å². The number of halogens is 1. The first-order chi connectivity index (χ1) is 8.97. The predicted octanol–water partition coefficient (Wildman–Crippen LogP) is 3.66. The van der Waals surface area contributed by atoms with E-state index in [1.54, 1.807) is 6.92 Å². The van der Waals surface area contributed by atoms with Crippen LogP contribution >= 0.6 is 0 Å². The quantitative estimate of drug-likeness (QED) is 0.851. The Morgan fingerprint density at radius 2 is 1.84 bits per heavy atom. The normalized spacial score (nSPS) is 10.5. The van der Waals surface area contributed by atoms with Crippen LogP contribution in [0.4, 0.5) is 15.8 Å². The Hall–Kier alpha value is -2.03. The molecule has 2 nitrogen and oxygen atoms in total. The molecule has 0 saturated carbocycles. The molecule has 100 valence electrons. The van der Waals surface area contributed by atoms with Crippen LogP contribution in [0.2, 0.25) is 0 Å². The minimum atomic E-state index is -0.165. The fourth-order valence-corrected chi connectivity index (χ4v) is 2.15. The maximum atomic E-state index is 13.2. The van der Waals surface area contributed by atoms with Gasteiger partial charge < -0.3 is 10.6 Å². The zero-order chi connectivity index (χ0) is 14.0. The predicted molar refractivity (Wildman–Crippen MR) is 78.8 cm³/mol. The minimum Gasteiger partial charge on any atom is -0.397 e. The summed E-state index contributed by atoms with van der Waals surface area (Å²) in [4.78, 5) is 2.08. The monoisotopic (exact) mass is 258 g/mol. The Morgan fingerprint density at radius 3 is 2.53 bits per heavy atom. The smallest absolute Gasteiger partial charge is 0.126 e. The molecule has 0 fully saturated rings. The average Bonchev–Trinajstić information content (AvgIpc) is 2.36. The largest absolute Gasteiger partial charge is 0.397 e. The third-order valence-corrected chi connectivity index (χ3v) is 3.24. The second-order valence-corrected chi connectivity index (χ2v) is 5.00. The number of anilines is 2. The first kappa shape index (κ1) is 13.4. The Morgan fingerprint density at radius 1 is 1.11 bits per heavy atom. The van der Waals surface area contributed by atoms with Crippen LogP contribution in [0.5, 0.6) is 0 Å². The molecule has 0 unspecified atom stereocenters. The molecule has 0 aliphatic rings. The molecule has 2 aromatic carbocycles. The van der Waals surface area contributed by atoms with Crippen molar-refractivity contribution in [2.75, 3.05) is 17.7 Å². The summed E-state index contributed by atoms with van der Waals surface area (Å²) in [7, 11) is 1.99. The molecule has 0 aliphatic heterocycles. The summed E-state index contributed by atoms with van der Waals surface area (Å²) in [5, 5.41) is 0. The number of rotatable bonds is 3. The summed E-state index contributed by atoms with van der Waals surface area (Å²) in [5.41, 5.74) is 10.7. The lowest BCUT2D eigenvalue weighted by Crippen LogP contribution is -2.18. The van der Waals surface area contributed by atoms with Gasteiger partial charge in [0.15, 0.2) is 0 Å². The lowest BCUT2D eigenvalue weighted by molar-refractivity contribution is 0.617. The van der Waals surface area contributed by atoms with Gasteiger partial charge >= 0.3 is 0 Å². The van der Waals surface area contributed by atoms with Crippen molar-refractivity contribution in [3.63, 3.8) is 0 Å². The summed E-state index contributed by atoms with van der Waals surface area (Å²) in [6, 6.07) is 11.2. The van der Waals surface area contributed by atoms with Gasteiger partial charge in [-0.25, -0.2) is 4.39 Å². The fourth-order valence-electron chi connectivity index (χ4n) is 2.15. The van der Waals surface area contributed by atoms with Gasteiger partial charge in [0, 0.05) is 13.6 Å². The highest BCUT2D eigenvalue weighted by Gasteiger charge is 2.07. The van der Waals surface area contributed by atoms with Crippen molar-refractivity contribution in [3.8, 4) is 0 Å². The number of hydrogen-bond donors (Lipinski definition) is 1. The van der Waals surface area contributed by atoms with E-state index in [-0.39, 0.29) is 5.82 Å². The molecule has 0 spiro atoms. The van der Waals surface area contributed by atoms with Gasteiger partial charge in [0.05, 0.1) is 11.4 Å². The van der Waals surface area contributed by atoms with Crippen molar-refractivity contribution in [2.45, 2.75) is 20.4 Å². The maximum absolute atomic E-state index is 13.2. The van der Waals surface area contributed by atoms with Crippen LogP contribution in [0, 0.1) is 19.7 Å². The van der Waals surface area contributed by atoms with E-state index < -0.39 is 0 Å². The van der Waals surface area contributed by atoms with Crippen LogP contribution in [-0.4, -0.2) is 7.05 Å². The molecule has 0 aliphatic carbocycles. The van der Waals surface area contributed by atoms with Crippen LogP contribution < -0.4 is 10.6 Å². The van der Waals surface area contributed by atoms with Gasteiger partial charge in [0.25, 0.3) is 0 Å². The third-order valence-electron chi connectivity index (χ3n) is 3.24. The van der Waals surface area contributed by atoms with Gasteiger partial charge in [-0.1, -0.05) is 18.2 Å². The van der Waals surface area contributed by atoms with Crippen molar-refractivity contribution < 1.29 is 4.39 Å². The molecule has 2 N–H and O–H groups in total. The zero-order valence-electron chi connectivity index (χ0n) is 11.6. The number of aryl methyl sites for hydroxylation is 2. The summed E-state index contributed by atoms with van der Waals surface area (Å²) in [6.45, 7) is 4.52. The standard InChI is InChI=1S/C16H19FN2/c1-11-4-7-15(18)16(8-11)19(3)10-13-5-6-14(17)12(2)9-13/h4-9H,10,18H2,1-3H3. The van der Waals surface area contributed by atoms with Crippen molar-refractivity contribution in [1.29, 1.82) is 0 Å². The molecule has 0 bridgehead atoms. The molecule has 3 heteroatoms.